The van der Waals surface area contributed by atoms with Crippen LogP contribution < -0.4 is 10.1 Å². The first-order valence-corrected chi connectivity index (χ1v) is 14.5. The van der Waals surface area contributed by atoms with Crippen molar-refractivity contribution in [2.24, 2.45) is 5.41 Å². The van der Waals surface area contributed by atoms with Crippen LogP contribution in [0.25, 0.3) is 0 Å². The number of piperazine rings is 1. The van der Waals surface area contributed by atoms with Gasteiger partial charge in [-0.25, -0.2) is 0 Å². The number of carbonyl (C=O) groups excluding carboxylic acids is 2. The molecule has 3 rings (SSSR count). The summed E-state index contributed by atoms with van der Waals surface area (Å²) in [6.45, 7) is 17.8. The molecule has 7 heteroatoms. The molecule has 0 aromatic heterocycles. The zero-order chi connectivity index (χ0) is 28.6. The zero-order valence-corrected chi connectivity index (χ0v) is 25.3. The third kappa shape index (κ3) is 9.21. The Kier molecular flexibility index (Phi) is 11.2. The number of likely N-dealkylation sites (tertiary alicyclic amines) is 1. The Morgan fingerprint density at radius 3 is 2.46 bits per heavy atom. The average molecular weight is 539 g/mol. The molecule has 0 aliphatic carbocycles. The lowest BCUT2D eigenvalue weighted by atomic mass is 9.91. The maximum atomic E-state index is 13.8. The molecular weight excluding hydrogens is 488 g/mol. The number of hydrogen-bond acceptors (Lipinski definition) is 5. The fraction of sp³-hybridized carbons (Fsp3) is 0.625. The Morgan fingerprint density at radius 1 is 1.13 bits per heavy atom. The first-order chi connectivity index (χ1) is 18.5. The van der Waals surface area contributed by atoms with Gasteiger partial charge in [-0.05, 0) is 49.8 Å². The number of hydrogen-bond donors (Lipinski definition) is 1. The van der Waals surface area contributed by atoms with Gasteiger partial charge in [-0.1, -0.05) is 63.1 Å². The van der Waals surface area contributed by atoms with Crippen LogP contribution in [0.15, 0.2) is 47.6 Å². The highest BCUT2D eigenvalue weighted by Gasteiger charge is 2.42. The summed E-state index contributed by atoms with van der Waals surface area (Å²) >= 11 is 0. The van der Waals surface area contributed by atoms with Gasteiger partial charge in [0.25, 0.3) is 0 Å². The summed E-state index contributed by atoms with van der Waals surface area (Å²) < 4.78 is 5.45. The van der Waals surface area contributed by atoms with Crippen LogP contribution in [0.2, 0.25) is 0 Å². The highest BCUT2D eigenvalue weighted by Crippen LogP contribution is 2.30. The second kappa shape index (κ2) is 14.1. The lowest BCUT2D eigenvalue weighted by Crippen LogP contribution is -2.52. The minimum absolute atomic E-state index is 0.0383. The van der Waals surface area contributed by atoms with E-state index in [-0.39, 0.29) is 29.3 Å². The van der Waals surface area contributed by atoms with Crippen molar-refractivity contribution < 1.29 is 14.3 Å². The van der Waals surface area contributed by atoms with Crippen molar-refractivity contribution in [3.8, 4) is 5.75 Å². The van der Waals surface area contributed by atoms with E-state index in [1.54, 1.807) is 7.11 Å². The molecule has 39 heavy (non-hydrogen) atoms. The molecule has 2 aliphatic heterocycles. The van der Waals surface area contributed by atoms with E-state index in [2.05, 4.69) is 63.9 Å². The summed E-state index contributed by atoms with van der Waals surface area (Å²) in [7, 11) is 1.66. The second-order valence-corrected chi connectivity index (χ2v) is 12.4. The van der Waals surface area contributed by atoms with Crippen molar-refractivity contribution in [2.75, 3.05) is 46.4 Å². The van der Waals surface area contributed by atoms with Crippen LogP contribution in [-0.4, -0.2) is 85.0 Å². The van der Waals surface area contributed by atoms with E-state index >= 15 is 0 Å². The maximum Gasteiger partial charge on any atom is 0.240 e. The van der Waals surface area contributed by atoms with Crippen LogP contribution in [-0.2, 0) is 16.1 Å². The maximum absolute atomic E-state index is 13.8. The van der Waals surface area contributed by atoms with Gasteiger partial charge in [0.1, 0.15) is 5.75 Å². The van der Waals surface area contributed by atoms with Crippen LogP contribution in [0.3, 0.4) is 0 Å². The van der Waals surface area contributed by atoms with Crippen LogP contribution in [0.1, 0.15) is 66.4 Å². The molecule has 2 heterocycles. The van der Waals surface area contributed by atoms with Gasteiger partial charge >= 0.3 is 0 Å². The normalized spacial score (nSPS) is 21.3. The first-order valence-electron chi connectivity index (χ1n) is 14.5. The lowest BCUT2D eigenvalue weighted by Gasteiger charge is -2.33. The topological polar surface area (TPSA) is 65.1 Å². The van der Waals surface area contributed by atoms with E-state index < -0.39 is 0 Å². The molecule has 1 N–H and O–H groups in total. The fourth-order valence-corrected chi connectivity index (χ4v) is 5.35. The van der Waals surface area contributed by atoms with Gasteiger partial charge in [-0.15, -0.1) is 0 Å². The van der Waals surface area contributed by atoms with Gasteiger partial charge in [0.15, 0.2) is 0 Å². The number of ether oxygens (including phenoxy) is 1. The predicted molar refractivity (Wildman–Crippen MR) is 159 cm³/mol. The lowest BCUT2D eigenvalue weighted by molar-refractivity contribution is -0.138. The molecule has 1 aromatic carbocycles. The number of nitrogens with zero attached hydrogens (tertiary/aromatic N) is 3. The molecule has 7 nitrogen and oxygen atoms in total. The van der Waals surface area contributed by atoms with E-state index in [9.17, 15) is 9.59 Å². The van der Waals surface area contributed by atoms with Crippen molar-refractivity contribution in [3.05, 3.63) is 53.1 Å². The standard InChI is InChI=1S/C32H50N4O3/c1-8-24(2)12-13-25(3)21-35-23-27(19-29(35)31(38)34-16-14-33-15-17-34)36(30(37)20-32(4,5)6)22-26-10-9-11-28(18-26)39-7/h9-13,18,27,29,33H,8,14-17,19-23H2,1-7H3/b24-12+,25-13+/t27-,29-/m0/s1. The van der Waals surface area contributed by atoms with Gasteiger partial charge in [0, 0.05) is 58.3 Å². The number of benzene rings is 1. The summed E-state index contributed by atoms with van der Waals surface area (Å²) in [6.07, 6.45) is 6.49. The third-order valence-electron chi connectivity index (χ3n) is 7.69. The zero-order valence-electron chi connectivity index (χ0n) is 25.3. The Bertz CT molecular complexity index is 1040. The SMILES string of the molecule is CC/C(C)=C/C=C(\C)CN1C[C@@H](N(Cc2cccc(OC)c2)C(=O)CC(C)(C)C)C[C@H]1C(=O)N1CCNCC1. The van der Waals surface area contributed by atoms with Crippen LogP contribution in [0.5, 0.6) is 5.75 Å². The molecule has 2 fully saturated rings. The number of allylic oxidation sites excluding steroid dienone is 3. The summed E-state index contributed by atoms with van der Waals surface area (Å²) in [5, 5.41) is 3.35. The van der Waals surface area contributed by atoms with E-state index in [1.165, 1.54) is 11.1 Å². The summed E-state index contributed by atoms with van der Waals surface area (Å²) in [4.78, 5) is 33.9. The third-order valence-corrected chi connectivity index (χ3v) is 7.69. The number of methoxy groups -OCH3 is 1. The number of nitrogens with one attached hydrogen (secondary N) is 1. The Labute approximate surface area is 236 Å². The molecule has 2 amide bonds. The van der Waals surface area contributed by atoms with Gasteiger partial charge in [-0.2, -0.15) is 0 Å². The molecule has 2 atom stereocenters. The largest absolute Gasteiger partial charge is 0.497 e. The second-order valence-electron chi connectivity index (χ2n) is 12.4. The Hall–Kier alpha value is -2.64. The number of amides is 2. The minimum Gasteiger partial charge on any atom is -0.497 e. The molecule has 2 saturated heterocycles. The molecule has 216 valence electrons. The monoisotopic (exact) mass is 538 g/mol. The Morgan fingerprint density at radius 2 is 1.82 bits per heavy atom. The molecule has 0 unspecified atom stereocenters. The molecule has 1 aromatic rings. The van der Waals surface area contributed by atoms with E-state index in [4.69, 9.17) is 4.74 Å². The molecular formula is C32H50N4O3. The first kappa shape index (κ1) is 30.9. The van der Waals surface area contributed by atoms with Gasteiger partial charge in [0.05, 0.1) is 13.2 Å². The van der Waals surface area contributed by atoms with Crippen LogP contribution in [0, 0.1) is 5.41 Å². The predicted octanol–water partition coefficient (Wildman–Crippen LogP) is 4.64. The van der Waals surface area contributed by atoms with Gasteiger partial charge < -0.3 is 19.9 Å². The molecule has 0 spiro atoms. The molecule has 0 radical (unpaired) electrons. The average Bonchev–Trinajstić information content (AvgIpc) is 3.32. The van der Waals surface area contributed by atoms with Crippen molar-refractivity contribution in [1.82, 2.24) is 20.0 Å². The summed E-state index contributed by atoms with van der Waals surface area (Å²) in [5.74, 6) is 1.11. The van der Waals surface area contributed by atoms with E-state index in [0.717, 1.165) is 43.9 Å². The highest BCUT2D eigenvalue weighted by atomic mass is 16.5. The number of rotatable bonds is 10. The summed E-state index contributed by atoms with van der Waals surface area (Å²) in [5.41, 5.74) is 3.47. The van der Waals surface area contributed by atoms with Crippen LogP contribution >= 0.6 is 0 Å². The van der Waals surface area contributed by atoms with Crippen molar-refractivity contribution in [1.29, 1.82) is 0 Å². The number of carbonyl (C=O) groups is 2. The molecule has 2 aliphatic rings. The van der Waals surface area contributed by atoms with Crippen LogP contribution in [0.4, 0.5) is 0 Å². The van der Waals surface area contributed by atoms with Crippen molar-refractivity contribution in [3.63, 3.8) is 0 Å². The summed E-state index contributed by atoms with van der Waals surface area (Å²) in [6, 6.07) is 7.67. The van der Waals surface area contributed by atoms with E-state index in [0.29, 0.717) is 32.5 Å². The van der Waals surface area contributed by atoms with Gasteiger partial charge in [0.2, 0.25) is 11.8 Å². The Balaban J connectivity index is 1.90. The molecule has 0 bridgehead atoms. The van der Waals surface area contributed by atoms with E-state index in [1.807, 2.05) is 34.1 Å². The molecule has 0 saturated carbocycles. The quantitative estimate of drug-likeness (QED) is 0.440. The smallest absolute Gasteiger partial charge is 0.240 e. The highest BCUT2D eigenvalue weighted by molar-refractivity contribution is 5.83. The van der Waals surface area contributed by atoms with Gasteiger partial charge in [-0.3, -0.25) is 14.5 Å². The van der Waals surface area contributed by atoms with Crippen molar-refractivity contribution in [2.45, 2.75) is 79.4 Å². The van der Waals surface area contributed by atoms with Crippen molar-refractivity contribution >= 4 is 11.8 Å². The fourth-order valence-electron chi connectivity index (χ4n) is 5.35. The minimum atomic E-state index is -0.233.